The van der Waals surface area contributed by atoms with Crippen LogP contribution in [-0.2, 0) is 6.54 Å². The van der Waals surface area contributed by atoms with Gasteiger partial charge < -0.3 is 4.42 Å². The van der Waals surface area contributed by atoms with Crippen LogP contribution in [0.5, 0.6) is 0 Å². The van der Waals surface area contributed by atoms with Gasteiger partial charge in [0.1, 0.15) is 16.6 Å². The lowest BCUT2D eigenvalue weighted by Crippen LogP contribution is -2.02. The van der Waals surface area contributed by atoms with E-state index in [1.807, 2.05) is 23.6 Å². The molecule has 0 radical (unpaired) electrons. The fourth-order valence-electron chi connectivity index (χ4n) is 3.20. The van der Waals surface area contributed by atoms with Crippen molar-refractivity contribution in [3.05, 3.63) is 73.0 Å². The van der Waals surface area contributed by atoms with E-state index in [1.54, 1.807) is 36.6 Å². The Kier molecular flexibility index (Phi) is 4.83. The summed E-state index contributed by atoms with van der Waals surface area (Å²) in [5, 5.41) is 22.8. The number of hydrogen-bond donors (Lipinski definition) is 0. The molecule has 10 heteroatoms. The van der Waals surface area contributed by atoms with Gasteiger partial charge in [-0.3, -0.25) is 4.57 Å². The van der Waals surface area contributed by atoms with Gasteiger partial charge in [-0.25, -0.2) is 4.39 Å². The molecule has 0 fully saturated rings. The molecule has 0 aliphatic heterocycles. The first kappa shape index (κ1) is 19.2. The van der Waals surface area contributed by atoms with E-state index in [1.165, 1.54) is 22.3 Å². The van der Waals surface area contributed by atoms with Crippen LogP contribution in [-0.4, -0.2) is 34.6 Å². The Morgan fingerprint density at radius 3 is 2.65 bits per heavy atom. The molecular weight excluding hydrogens is 417 g/mol. The predicted octanol–water partition coefficient (Wildman–Crippen LogP) is 4.43. The quantitative estimate of drug-likeness (QED) is 0.366. The number of nitrogens with zero attached hydrogens (tertiary/aromatic N) is 7. The lowest BCUT2D eigenvalue weighted by Gasteiger charge is -2.07. The molecule has 0 bridgehead atoms. The van der Waals surface area contributed by atoms with Gasteiger partial charge in [0.2, 0.25) is 0 Å². The highest BCUT2D eigenvalue weighted by Gasteiger charge is 2.19. The summed E-state index contributed by atoms with van der Waals surface area (Å²) in [6, 6.07) is 11.9. The number of aryl methyl sites for hydroxylation is 1. The van der Waals surface area contributed by atoms with Crippen LogP contribution in [0.3, 0.4) is 0 Å². The molecule has 0 unspecified atom stereocenters. The van der Waals surface area contributed by atoms with Gasteiger partial charge in [0, 0.05) is 6.54 Å². The molecule has 0 aliphatic carbocycles. The molecule has 0 saturated carbocycles. The van der Waals surface area contributed by atoms with Crippen molar-refractivity contribution < 1.29 is 8.81 Å². The van der Waals surface area contributed by atoms with Crippen molar-refractivity contribution >= 4 is 17.4 Å². The van der Waals surface area contributed by atoms with Gasteiger partial charge in [-0.1, -0.05) is 18.2 Å². The van der Waals surface area contributed by atoms with Crippen LogP contribution in [0.1, 0.15) is 5.76 Å². The molecule has 0 saturated heterocycles. The molecule has 0 amide bonds. The van der Waals surface area contributed by atoms with Crippen LogP contribution in [0.15, 0.2) is 76.0 Å². The molecular formula is C21H16FN7OS. The fourth-order valence-corrected chi connectivity index (χ4v) is 4.00. The number of furan rings is 1. The second kappa shape index (κ2) is 7.80. The zero-order valence-electron chi connectivity index (χ0n) is 16.4. The maximum Gasteiger partial charge on any atom is 0.198 e. The van der Waals surface area contributed by atoms with E-state index in [0.717, 1.165) is 11.3 Å². The summed E-state index contributed by atoms with van der Waals surface area (Å²) in [5.74, 6) is 1.39. The van der Waals surface area contributed by atoms with E-state index in [0.29, 0.717) is 39.6 Å². The van der Waals surface area contributed by atoms with Crippen molar-refractivity contribution in [1.29, 1.82) is 0 Å². The lowest BCUT2D eigenvalue weighted by molar-refractivity contribution is 0.534. The summed E-state index contributed by atoms with van der Waals surface area (Å²) >= 11 is 1.33. The lowest BCUT2D eigenvalue weighted by atomic mass is 10.2. The third-order valence-corrected chi connectivity index (χ3v) is 5.59. The molecule has 0 aliphatic rings. The first-order chi connectivity index (χ1) is 15.2. The number of hydrogen-bond acceptors (Lipinski definition) is 7. The van der Waals surface area contributed by atoms with E-state index >= 15 is 0 Å². The smallest absolute Gasteiger partial charge is 0.198 e. The minimum absolute atomic E-state index is 0.331. The Morgan fingerprint density at radius 1 is 1.03 bits per heavy atom. The Hall–Kier alpha value is -3.79. The van der Waals surface area contributed by atoms with Crippen LogP contribution in [0.25, 0.3) is 28.4 Å². The largest absolute Gasteiger partial charge is 0.469 e. The maximum absolute atomic E-state index is 14.3. The van der Waals surface area contributed by atoms with Gasteiger partial charge in [0.05, 0.1) is 17.4 Å². The van der Waals surface area contributed by atoms with E-state index in [9.17, 15) is 4.39 Å². The van der Waals surface area contributed by atoms with Gasteiger partial charge in [-0.15, -0.1) is 27.0 Å². The van der Waals surface area contributed by atoms with Crippen LogP contribution in [0.4, 0.5) is 4.39 Å². The van der Waals surface area contributed by atoms with Crippen LogP contribution >= 0.6 is 11.8 Å². The molecule has 8 nitrogen and oxygen atoms in total. The Morgan fingerprint density at radius 2 is 1.87 bits per heavy atom. The number of rotatable bonds is 6. The normalized spacial score (nSPS) is 11.3. The monoisotopic (exact) mass is 433 g/mol. The van der Waals surface area contributed by atoms with Crippen molar-refractivity contribution in [2.45, 2.75) is 23.7 Å². The summed E-state index contributed by atoms with van der Waals surface area (Å²) < 4.78 is 23.2. The molecule has 154 valence electrons. The van der Waals surface area contributed by atoms with E-state index in [-0.39, 0.29) is 5.82 Å². The number of fused-ring (bicyclic) bond motifs is 1. The Bertz CT molecular complexity index is 1400. The molecule has 31 heavy (non-hydrogen) atoms. The van der Waals surface area contributed by atoms with Crippen LogP contribution in [0, 0.1) is 12.7 Å². The zero-order valence-corrected chi connectivity index (χ0v) is 17.3. The first-order valence-electron chi connectivity index (χ1n) is 9.39. The van der Waals surface area contributed by atoms with Gasteiger partial charge in [-0.05, 0) is 49.0 Å². The Labute approximate surface area is 180 Å². The number of benzene rings is 1. The van der Waals surface area contributed by atoms with Crippen LogP contribution in [0.2, 0.25) is 0 Å². The highest BCUT2D eigenvalue weighted by molar-refractivity contribution is 7.99. The zero-order chi connectivity index (χ0) is 21.4. The second-order valence-corrected chi connectivity index (χ2v) is 7.63. The van der Waals surface area contributed by atoms with Gasteiger partial charge in [0.25, 0.3) is 0 Å². The fraction of sp³-hybridized carbons (Fsp3) is 0.0952. The number of aromatic nitrogens is 7. The molecule has 5 aromatic rings. The standard InChI is InChI=1S/C21H16FN7OS/c1-3-11-28-19(14-10-12-30-13(14)2)24-26-21(28)31-18-9-8-17-23-25-20(29(17)27-18)15-6-4-5-7-16(15)22/h3-10,12H,1,11H2,2H3. The summed E-state index contributed by atoms with van der Waals surface area (Å²) in [6.45, 7) is 6.23. The molecule has 5 rings (SSSR count). The predicted molar refractivity (Wildman–Crippen MR) is 113 cm³/mol. The van der Waals surface area contributed by atoms with Crippen molar-refractivity contribution in [3.8, 4) is 22.8 Å². The highest BCUT2D eigenvalue weighted by atomic mass is 32.2. The molecule has 0 spiro atoms. The second-order valence-electron chi connectivity index (χ2n) is 6.64. The average molecular weight is 433 g/mol. The molecule has 1 aromatic carbocycles. The van der Waals surface area contributed by atoms with Gasteiger partial charge in [0.15, 0.2) is 22.5 Å². The number of allylic oxidation sites excluding steroid dienone is 1. The summed E-state index contributed by atoms with van der Waals surface area (Å²) in [4.78, 5) is 0. The summed E-state index contributed by atoms with van der Waals surface area (Å²) in [7, 11) is 0. The summed E-state index contributed by atoms with van der Waals surface area (Å²) in [6.07, 6.45) is 3.40. The minimum atomic E-state index is -0.387. The van der Waals surface area contributed by atoms with Crippen molar-refractivity contribution in [2.24, 2.45) is 0 Å². The van der Waals surface area contributed by atoms with E-state index in [2.05, 4.69) is 32.1 Å². The first-order valence-corrected chi connectivity index (χ1v) is 10.2. The number of halogens is 1. The summed E-state index contributed by atoms with van der Waals surface area (Å²) in [5.41, 5.74) is 1.72. The van der Waals surface area contributed by atoms with Crippen molar-refractivity contribution in [1.82, 2.24) is 34.6 Å². The molecule has 0 atom stereocenters. The van der Waals surface area contributed by atoms with Crippen LogP contribution < -0.4 is 0 Å². The SMILES string of the molecule is C=CCn1c(Sc2ccc3nnc(-c4ccccc4F)n3n2)nnc1-c1ccoc1C. The topological polar surface area (TPSA) is 86.9 Å². The average Bonchev–Trinajstić information content (AvgIpc) is 3.48. The minimum Gasteiger partial charge on any atom is -0.469 e. The van der Waals surface area contributed by atoms with E-state index in [4.69, 9.17) is 4.42 Å². The molecule has 0 N–H and O–H groups in total. The highest BCUT2D eigenvalue weighted by Crippen LogP contribution is 2.31. The van der Waals surface area contributed by atoms with Gasteiger partial charge in [-0.2, -0.15) is 9.61 Å². The van der Waals surface area contributed by atoms with Crippen molar-refractivity contribution in [3.63, 3.8) is 0 Å². The van der Waals surface area contributed by atoms with Crippen molar-refractivity contribution in [2.75, 3.05) is 0 Å². The van der Waals surface area contributed by atoms with Gasteiger partial charge >= 0.3 is 0 Å². The molecule has 4 heterocycles. The maximum atomic E-state index is 14.3. The Balaban J connectivity index is 1.55. The van der Waals surface area contributed by atoms with E-state index < -0.39 is 0 Å². The molecule has 4 aromatic heterocycles. The third-order valence-electron chi connectivity index (χ3n) is 4.68. The third kappa shape index (κ3) is 3.40.